The predicted octanol–water partition coefficient (Wildman–Crippen LogP) is 3.62. The molecule has 156 valence electrons. The highest BCUT2D eigenvalue weighted by atomic mass is 35.5. The second kappa shape index (κ2) is 9.14. The van der Waals surface area contributed by atoms with Crippen LogP contribution in [0.4, 0.5) is 4.79 Å². The molecule has 1 aliphatic rings. The van der Waals surface area contributed by atoms with E-state index in [-0.39, 0.29) is 24.1 Å². The molecule has 6 nitrogen and oxygen atoms in total. The molecule has 1 heterocycles. The lowest BCUT2D eigenvalue weighted by atomic mass is 9.76. The van der Waals surface area contributed by atoms with Gasteiger partial charge in [-0.05, 0) is 64.9 Å². The number of urea groups is 1. The fraction of sp³-hybridized carbons (Fsp3) is 0.619. The Hall–Kier alpha value is -1.79. The van der Waals surface area contributed by atoms with Crippen molar-refractivity contribution < 1.29 is 14.3 Å². The average Bonchev–Trinajstić information content (AvgIpc) is 2.63. The first-order valence-electron chi connectivity index (χ1n) is 9.76. The molecule has 1 saturated heterocycles. The Bertz CT molecular complexity index is 727. The van der Waals surface area contributed by atoms with Gasteiger partial charge < -0.3 is 19.9 Å². The number of hydrogen-bond acceptors (Lipinski definition) is 4. The van der Waals surface area contributed by atoms with E-state index in [9.17, 15) is 9.59 Å². The number of halogens is 1. The number of amides is 2. The van der Waals surface area contributed by atoms with Gasteiger partial charge in [0.05, 0.1) is 24.1 Å². The number of carbonyl (C=O) groups excluding carboxylic acids is 2. The van der Waals surface area contributed by atoms with Gasteiger partial charge in [-0.25, -0.2) is 4.79 Å². The zero-order valence-corrected chi connectivity index (χ0v) is 18.5. The van der Waals surface area contributed by atoms with Crippen LogP contribution in [0.1, 0.15) is 44.4 Å². The summed E-state index contributed by atoms with van der Waals surface area (Å²) in [6.07, 6.45) is 0.709. The first kappa shape index (κ1) is 22.5. The highest BCUT2D eigenvalue weighted by Gasteiger charge is 2.49. The second-order valence-corrected chi connectivity index (χ2v) is 8.32. The van der Waals surface area contributed by atoms with Crippen molar-refractivity contribution >= 4 is 23.6 Å². The van der Waals surface area contributed by atoms with Crippen LogP contribution in [0, 0.1) is 12.3 Å². The Morgan fingerprint density at radius 3 is 2.79 bits per heavy atom. The smallest absolute Gasteiger partial charge is 0.317 e. The first-order chi connectivity index (χ1) is 13.1. The van der Waals surface area contributed by atoms with Crippen LogP contribution in [-0.2, 0) is 9.53 Å². The van der Waals surface area contributed by atoms with Gasteiger partial charge in [0.25, 0.3) is 0 Å². The molecule has 0 bridgehead atoms. The van der Waals surface area contributed by atoms with Gasteiger partial charge in [-0.15, -0.1) is 0 Å². The highest BCUT2D eigenvalue weighted by Crippen LogP contribution is 2.34. The normalized spacial score (nSPS) is 23.8. The number of ether oxygens (including phenoxy) is 1. The van der Waals surface area contributed by atoms with E-state index in [1.54, 1.807) is 18.9 Å². The Morgan fingerprint density at radius 1 is 1.46 bits per heavy atom. The molecule has 3 atom stereocenters. The average molecular weight is 410 g/mol. The standard InChI is InChI=1S/C21H32ClN3O3/c1-7-28-19(26)21(4)13-24(5)12-11-18(21)25(6)20(27)23-15(3)16-9-8-10-17(22)14(16)2/h8-10,15,18H,7,11-13H2,1-6H3,(H,23,27). The molecule has 0 aromatic heterocycles. The number of nitrogens with zero attached hydrogens (tertiary/aromatic N) is 2. The van der Waals surface area contributed by atoms with Gasteiger partial charge in [-0.2, -0.15) is 0 Å². The van der Waals surface area contributed by atoms with Gasteiger partial charge in [-0.1, -0.05) is 23.7 Å². The number of rotatable bonds is 5. The van der Waals surface area contributed by atoms with Gasteiger partial charge in [0, 0.05) is 18.6 Å². The summed E-state index contributed by atoms with van der Waals surface area (Å²) in [5, 5.41) is 3.72. The van der Waals surface area contributed by atoms with Crippen LogP contribution in [0.2, 0.25) is 5.02 Å². The van der Waals surface area contributed by atoms with Gasteiger partial charge in [-0.3, -0.25) is 4.79 Å². The van der Waals surface area contributed by atoms with E-state index in [2.05, 4.69) is 10.2 Å². The minimum atomic E-state index is -0.774. The number of nitrogens with one attached hydrogen (secondary N) is 1. The molecule has 1 aliphatic heterocycles. The molecule has 3 unspecified atom stereocenters. The largest absolute Gasteiger partial charge is 0.465 e. The summed E-state index contributed by atoms with van der Waals surface area (Å²) >= 11 is 6.22. The maximum Gasteiger partial charge on any atom is 0.317 e. The third kappa shape index (κ3) is 4.61. The number of likely N-dealkylation sites (tertiary alicyclic amines) is 1. The molecule has 2 amide bonds. The van der Waals surface area contributed by atoms with Gasteiger partial charge in [0.1, 0.15) is 0 Å². The highest BCUT2D eigenvalue weighted by molar-refractivity contribution is 6.31. The van der Waals surface area contributed by atoms with E-state index in [1.165, 1.54) is 0 Å². The lowest BCUT2D eigenvalue weighted by Gasteiger charge is -2.46. The lowest BCUT2D eigenvalue weighted by Crippen LogP contribution is -2.61. The topological polar surface area (TPSA) is 61.9 Å². The van der Waals surface area contributed by atoms with E-state index in [0.29, 0.717) is 24.6 Å². The van der Waals surface area contributed by atoms with E-state index < -0.39 is 5.41 Å². The molecule has 2 rings (SSSR count). The molecular formula is C21H32ClN3O3. The molecule has 0 radical (unpaired) electrons. The monoisotopic (exact) mass is 409 g/mol. The first-order valence-corrected chi connectivity index (χ1v) is 10.1. The van der Waals surface area contributed by atoms with Crippen molar-refractivity contribution in [3.63, 3.8) is 0 Å². The number of carbonyl (C=O) groups is 2. The van der Waals surface area contributed by atoms with Crippen LogP contribution in [-0.4, -0.2) is 61.6 Å². The number of benzene rings is 1. The minimum Gasteiger partial charge on any atom is -0.465 e. The van der Waals surface area contributed by atoms with Crippen LogP contribution in [0.25, 0.3) is 0 Å². The Balaban J connectivity index is 2.17. The summed E-state index contributed by atoms with van der Waals surface area (Å²) in [5.41, 5.74) is 1.16. The maximum absolute atomic E-state index is 13.0. The Labute approximate surface area is 173 Å². The van der Waals surface area contributed by atoms with Gasteiger partial charge >= 0.3 is 12.0 Å². The van der Waals surface area contributed by atoms with Crippen molar-refractivity contribution in [1.82, 2.24) is 15.1 Å². The second-order valence-electron chi connectivity index (χ2n) is 7.92. The zero-order valence-electron chi connectivity index (χ0n) is 17.7. The van der Waals surface area contributed by atoms with Crippen molar-refractivity contribution in [3.05, 3.63) is 34.3 Å². The van der Waals surface area contributed by atoms with Crippen LogP contribution < -0.4 is 5.32 Å². The number of hydrogen-bond donors (Lipinski definition) is 1. The number of piperidine rings is 1. The molecule has 1 aromatic rings. The van der Waals surface area contributed by atoms with Gasteiger partial charge in [0.15, 0.2) is 0 Å². The van der Waals surface area contributed by atoms with Gasteiger partial charge in [0.2, 0.25) is 0 Å². The fourth-order valence-electron chi connectivity index (χ4n) is 4.12. The van der Waals surface area contributed by atoms with E-state index in [4.69, 9.17) is 16.3 Å². The summed E-state index contributed by atoms with van der Waals surface area (Å²) in [6.45, 7) is 9.26. The van der Waals surface area contributed by atoms with Crippen molar-refractivity contribution in [3.8, 4) is 0 Å². The van der Waals surface area contributed by atoms with Crippen LogP contribution in [0.5, 0.6) is 0 Å². The summed E-state index contributed by atoms with van der Waals surface area (Å²) in [5.74, 6) is -0.259. The van der Waals surface area contributed by atoms with E-state index in [1.807, 2.05) is 46.0 Å². The SMILES string of the molecule is CCOC(=O)C1(C)CN(C)CCC1N(C)C(=O)NC(C)c1cccc(Cl)c1C. The summed E-state index contributed by atoms with van der Waals surface area (Å²) < 4.78 is 5.33. The van der Waals surface area contributed by atoms with Crippen molar-refractivity contribution in [2.75, 3.05) is 33.8 Å². The van der Waals surface area contributed by atoms with Crippen molar-refractivity contribution in [1.29, 1.82) is 0 Å². The zero-order chi connectivity index (χ0) is 21.1. The molecule has 28 heavy (non-hydrogen) atoms. The molecule has 0 saturated carbocycles. The molecular weight excluding hydrogens is 378 g/mol. The Kier molecular flexibility index (Phi) is 7.34. The summed E-state index contributed by atoms with van der Waals surface area (Å²) in [6, 6.07) is 5.03. The third-order valence-electron chi connectivity index (χ3n) is 5.76. The van der Waals surface area contributed by atoms with Crippen LogP contribution >= 0.6 is 11.6 Å². The van der Waals surface area contributed by atoms with E-state index in [0.717, 1.165) is 17.7 Å². The number of esters is 1. The summed E-state index contributed by atoms with van der Waals surface area (Å²) in [7, 11) is 3.73. The van der Waals surface area contributed by atoms with Crippen molar-refractivity contribution in [2.45, 2.75) is 46.2 Å². The quantitative estimate of drug-likeness (QED) is 0.754. The third-order valence-corrected chi connectivity index (χ3v) is 6.17. The minimum absolute atomic E-state index is 0.200. The molecule has 1 aromatic carbocycles. The molecule has 1 fully saturated rings. The lowest BCUT2D eigenvalue weighted by molar-refractivity contribution is -0.161. The van der Waals surface area contributed by atoms with E-state index >= 15 is 0 Å². The molecule has 0 aliphatic carbocycles. The van der Waals surface area contributed by atoms with Crippen molar-refractivity contribution in [2.24, 2.45) is 5.41 Å². The maximum atomic E-state index is 13.0. The summed E-state index contributed by atoms with van der Waals surface area (Å²) in [4.78, 5) is 29.5. The fourth-order valence-corrected chi connectivity index (χ4v) is 4.31. The molecule has 1 N–H and O–H groups in total. The molecule has 7 heteroatoms. The van der Waals surface area contributed by atoms with Crippen LogP contribution in [0.3, 0.4) is 0 Å². The predicted molar refractivity (Wildman–Crippen MR) is 112 cm³/mol. The Morgan fingerprint density at radius 2 is 2.14 bits per heavy atom. The molecule has 0 spiro atoms. The van der Waals surface area contributed by atoms with Crippen LogP contribution in [0.15, 0.2) is 18.2 Å².